The minimum Gasteiger partial charge on any atom is -0.444 e. The lowest BCUT2D eigenvalue weighted by Crippen LogP contribution is -2.56. The summed E-state index contributed by atoms with van der Waals surface area (Å²) in [6.45, 7) is 9.39. The number of amides is 2. The van der Waals surface area contributed by atoms with Gasteiger partial charge >= 0.3 is 6.09 Å². The predicted molar refractivity (Wildman–Crippen MR) is 153 cm³/mol. The lowest BCUT2D eigenvalue weighted by Gasteiger charge is -2.42. The zero-order chi connectivity index (χ0) is 26.8. The molecule has 3 unspecified atom stereocenters. The number of piperazine rings is 1. The number of ether oxygens (including phenoxy) is 1. The lowest BCUT2D eigenvalue weighted by atomic mass is 9.87. The van der Waals surface area contributed by atoms with Crippen molar-refractivity contribution in [2.24, 2.45) is 0 Å². The molecule has 6 rings (SSSR count). The Balaban J connectivity index is 1.10. The number of carbonyl (C=O) groups is 2. The molecule has 3 aliphatic rings. The molecule has 8 nitrogen and oxygen atoms in total. The Labute approximate surface area is 231 Å². The van der Waals surface area contributed by atoms with Gasteiger partial charge in [0.1, 0.15) is 15.3 Å². The largest absolute Gasteiger partial charge is 0.444 e. The van der Waals surface area contributed by atoms with Gasteiger partial charge in [-0.15, -0.1) is 22.7 Å². The monoisotopic (exact) mass is 553 g/mol. The number of fused-ring (bicyclic) bond motifs is 4. The Morgan fingerprint density at radius 3 is 2.53 bits per heavy atom. The molecule has 2 aromatic heterocycles. The highest BCUT2D eigenvalue weighted by Crippen LogP contribution is 2.38. The molecular weight excluding hydrogens is 518 g/mol. The Morgan fingerprint density at radius 1 is 1.11 bits per heavy atom. The van der Waals surface area contributed by atoms with Crippen molar-refractivity contribution in [3.05, 3.63) is 39.2 Å². The van der Waals surface area contributed by atoms with Crippen molar-refractivity contribution >= 4 is 55.6 Å². The van der Waals surface area contributed by atoms with Crippen LogP contribution in [0.4, 0.5) is 16.2 Å². The maximum absolute atomic E-state index is 13.0. The molecule has 3 atom stereocenters. The zero-order valence-electron chi connectivity index (χ0n) is 22.4. The summed E-state index contributed by atoms with van der Waals surface area (Å²) in [6, 6.07) is 7.20. The van der Waals surface area contributed by atoms with Crippen molar-refractivity contribution in [2.45, 2.75) is 83.5 Å². The van der Waals surface area contributed by atoms with E-state index in [9.17, 15) is 9.59 Å². The third kappa shape index (κ3) is 4.73. The smallest absolute Gasteiger partial charge is 0.410 e. The molecule has 4 heterocycles. The molecule has 38 heavy (non-hydrogen) atoms. The average Bonchev–Trinajstić information content (AvgIpc) is 3.46. The van der Waals surface area contributed by atoms with Gasteiger partial charge in [-0.3, -0.25) is 9.69 Å². The van der Waals surface area contributed by atoms with Crippen LogP contribution in [0.5, 0.6) is 0 Å². The summed E-state index contributed by atoms with van der Waals surface area (Å²) >= 11 is 2.92. The summed E-state index contributed by atoms with van der Waals surface area (Å²) in [6.07, 6.45) is 4.50. The topological polar surface area (TPSA) is 101 Å². The molecule has 2 fully saturated rings. The SMILES string of the molecule is Cc1nc2sc(C(=O)NC3CCc4cc(N5CC6CCC(C5)N6C(=O)OC(C)(C)C)ccc4C3)c(N)c2s1. The number of nitrogens with zero attached hydrogens (tertiary/aromatic N) is 3. The minimum atomic E-state index is -0.480. The lowest BCUT2D eigenvalue weighted by molar-refractivity contribution is 0.0123. The Bertz CT molecular complexity index is 1390. The van der Waals surface area contributed by atoms with Crippen molar-refractivity contribution in [1.82, 2.24) is 15.2 Å². The summed E-state index contributed by atoms with van der Waals surface area (Å²) in [5.41, 5.74) is 10.2. The first-order chi connectivity index (χ1) is 18.1. The molecule has 1 aromatic carbocycles. The van der Waals surface area contributed by atoms with Crippen molar-refractivity contribution in [1.29, 1.82) is 0 Å². The molecule has 3 N–H and O–H groups in total. The fraction of sp³-hybridized carbons (Fsp3) is 0.536. The van der Waals surface area contributed by atoms with Crippen molar-refractivity contribution < 1.29 is 14.3 Å². The van der Waals surface area contributed by atoms with E-state index in [0.29, 0.717) is 10.6 Å². The molecule has 0 saturated carbocycles. The van der Waals surface area contributed by atoms with E-state index in [-0.39, 0.29) is 30.1 Å². The molecule has 0 spiro atoms. The maximum Gasteiger partial charge on any atom is 0.410 e. The molecule has 2 aliphatic heterocycles. The normalized spacial score (nSPS) is 23.0. The Kier molecular flexibility index (Phi) is 6.30. The van der Waals surface area contributed by atoms with E-state index in [0.717, 1.165) is 59.7 Å². The molecule has 2 amide bonds. The highest BCUT2D eigenvalue weighted by Gasteiger charge is 2.44. The molecular formula is C28H35N5O3S2. The van der Waals surface area contributed by atoms with Crippen LogP contribution in [0.1, 0.15) is 65.8 Å². The van der Waals surface area contributed by atoms with Crippen LogP contribution in [-0.2, 0) is 17.6 Å². The number of carbonyl (C=O) groups excluding carboxylic acids is 2. The third-order valence-electron chi connectivity index (χ3n) is 7.80. The van der Waals surface area contributed by atoms with Crippen LogP contribution in [0.25, 0.3) is 9.53 Å². The summed E-state index contributed by atoms with van der Waals surface area (Å²) < 4.78 is 6.61. The van der Waals surface area contributed by atoms with Crippen LogP contribution in [0.15, 0.2) is 18.2 Å². The van der Waals surface area contributed by atoms with E-state index >= 15 is 0 Å². The molecule has 3 aromatic rings. The zero-order valence-corrected chi connectivity index (χ0v) is 24.0. The number of thiazole rings is 1. The number of nitrogens with one attached hydrogen (secondary N) is 1. The standard InChI is InChI=1S/C28H35N5O3S2/c1-15-30-26-24(37-15)22(29)23(38-26)25(34)31-18-7-5-17-12-19(8-6-16(17)11-18)32-13-20-9-10-21(14-32)33(20)27(35)36-28(2,3)4/h6,8,12,18,20-21H,5,7,9-11,13-14,29H2,1-4H3,(H,31,34). The number of benzene rings is 1. The summed E-state index contributed by atoms with van der Waals surface area (Å²) in [7, 11) is 0. The second-order valence-corrected chi connectivity index (χ2v) is 14.0. The van der Waals surface area contributed by atoms with Crippen LogP contribution in [0.3, 0.4) is 0 Å². The number of rotatable bonds is 3. The molecule has 202 valence electrons. The Hall–Kier alpha value is -2.85. The van der Waals surface area contributed by atoms with Gasteiger partial charge in [0, 0.05) is 24.8 Å². The van der Waals surface area contributed by atoms with Gasteiger partial charge in [0.15, 0.2) is 0 Å². The van der Waals surface area contributed by atoms with Crippen LogP contribution < -0.4 is 16.0 Å². The highest BCUT2D eigenvalue weighted by atomic mass is 32.1. The van der Waals surface area contributed by atoms with Gasteiger partial charge in [0.2, 0.25) is 0 Å². The van der Waals surface area contributed by atoms with Crippen LogP contribution in [0, 0.1) is 6.92 Å². The second kappa shape index (κ2) is 9.41. The van der Waals surface area contributed by atoms with Crippen molar-refractivity contribution in [3.8, 4) is 0 Å². The second-order valence-electron chi connectivity index (χ2n) is 11.8. The van der Waals surface area contributed by atoms with E-state index in [2.05, 4.69) is 33.4 Å². The number of aromatic nitrogens is 1. The van der Waals surface area contributed by atoms with Crippen LogP contribution >= 0.6 is 22.7 Å². The predicted octanol–water partition coefficient (Wildman–Crippen LogP) is 5.12. The third-order valence-corrected chi connectivity index (χ3v) is 10.0. The molecule has 0 radical (unpaired) electrons. The van der Waals surface area contributed by atoms with E-state index < -0.39 is 5.60 Å². The van der Waals surface area contributed by atoms with Gasteiger partial charge in [0.05, 0.1) is 27.5 Å². The molecule has 1 aliphatic carbocycles. The van der Waals surface area contributed by atoms with Gasteiger partial charge in [-0.05, 0) is 83.1 Å². The van der Waals surface area contributed by atoms with E-state index in [1.807, 2.05) is 32.6 Å². The number of nitrogens with two attached hydrogens (primary N) is 1. The highest BCUT2D eigenvalue weighted by molar-refractivity contribution is 7.29. The summed E-state index contributed by atoms with van der Waals surface area (Å²) in [5, 5.41) is 4.18. The Morgan fingerprint density at radius 2 is 1.84 bits per heavy atom. The van der Waals surface area contributed by atoms with E-state index in [1.165, 1.54) is 39.5 Å². The van der Waals surface area contributed by atoms with Gasteiger partial charge in [-0.2, -0.15) is 0 Å². The van der Waals surface area contributed by atoms with Crippen molar-refractivity contribution in [2.75, 3.05) is 23.7 Å². The average molecular weight is 554 g/mol. The fourth-order valence-electron chi connectivity index (χ4n) is 6.11. The van der Waals surface area contributed by atoms with E-state index in [4.69, 9.17) is 10.5 Å². The van der Waals surface area contributed by atoms with Gasteiger partial charge in [-0.25, -0.2) is 9.78 Å². The van der Waals surface area contributed by atoms with Gasteiger partial charge < -0.3 is 20.7 Å². The minimum absolute atomic E-state index is 0.0864. The first kappa shape index (κ1) is 25.4. The number of thiophene rings is 1. The first-order valence-corrected chi connectivity index (χ1v) is 15.0. The van der Waals surface area contributed by atoms with Gasteiger partial charge in [-0.1, -0.05) is 6.07 Å². The summed E-state index contributed by atoms with van der Waals surface area (Å²) in [4.78, 5) is 36.2. The van der Waals surface area contributed by atoms with Crippen LogP contribution in [0.2, 0.25) is 0 Å². The number of hydrogen-bond donors (Lipinski definition) is 2. The van der Waals surface area contributed by atoms with Crippen LogP contribution in [-0.4, -0.2) is 58.7 Å². The molecule has 10 heteroatoms. The first-order valence-electron chi connectivity index (χ1n) is 13.4. The number of nitrogen functional groups attached to an aromatic ring is 1. The number of aryl methyl sites for hydroxylation is 2. The molecule has 2 bridgehead atoms. The number of hydrogen-bond acceptors (Lipinski definition) is 8. The summed E-state index contributed by atoms with van der Waals surface area (Å²) in [5.74, 6) is -0.0984. The van der Waals surface area contributed by atoms with Gasteiger partial charge in [0.25, 0.3) is 5.91 Å². The fourth-order valence-corrected chi connectivity index (χ4v) is 8.20. The number of anilines is 2. The van der Waals surface area contributed by atoms with E-state index in [1.54, 1.807) is 0 Å². The molecule has 2 saturated heterocycles. The van der Waals surface area contributed by atoms with Crippen molar-refractivity contribution in [3.63, 3.8) is 0 Å². The quantitative estimate of drug-likeness (QED) is 0.467. The maximum atomic E-state index is 13.0.